The summed E-state index contributed by atoms with van der Waals surface area (Å²) in [6.07, 6.45) is 3.27. The number of hydrogen-bond donors (Lipinski definition) is 1. The number of nitrogens with zero attached hydrogens (tertiary/aromatic N) is 1. The number of likely N-dealkylation sites (tertiary alicyclic amines) is 1. The summed E-state index contributed by atoms with van der Waals surface area (Å²) < 4.78 is 0. The predicted octanol–water partition coefficient (Wildman–Crippen LogP) is 1.49. The van der Waals surface area contributed by atoms with Gasteiger partial charge in [-0.3, -0.25) is 4.79 Å². The number of amides is 1. The lowest BCUT2D eigenvalue weighted by atomic mass is 9.97. The molecule has 1 saturated heterocycles. The van der Waals surface area contributed by atoms with E-state index in [2.05, 4.69) is 19.2 Å². The molecule has 1 N–H and O–H groups in total. The third-order valence-corrected chi connectivity index (χ3v) is 3.39. The second-order valence-electron chi connectivity index (χ2n) is 4.67. The van der Waals surface area contributed by atoms with Gasteiger partial charge in [0.1, 0.15) is 0 Å². The molecule has 88 valence electrons. The molecule has 1 atom stereocenters. The summed E-state index contributed by atoms with van der Waals surface area (Å²) in [6.45, 7) is 7.08. The SMILES string of the molecule is CCC(CNC)C(=O)N1CCC(C)CC1. The standard InChI is InChI=1S/C12H24N2O/c1-4-11(9-13-3)12(15)14-7-5-10(2)6-8-14/h10-11,13H,4-9H2,1-3H3. The first-order chi connectivity index (χ1) is 7.19. The zero-order chi connectivity index (χ0) is 11.3. The summed E-state index contributed by atoms with van der Waals surface area (Å²) in [6, 6.07) is 0. The molecule has 1 rings (SSSR count). The third-order valence-electron chi connectivity index (χ3n) is 3.39. The van der Waals surface area contributed by atoms with Crippen LogP contribution in [0.15, 0.2) is 0 Å². The molecular weight excluding hydrogens is 188 g/mol. The Hall–Kier alpha value is -0.570. The normalized spacial score (nSPS) is 20.3. The Kier molecular flexibility index (Phi) is 5.09. The quantitative estimate of drug-likeness (QED) is 0.766. The minimum atomic E-state index is 0.170. The van der Waals surface area contributed by atoms with Crippen molar-refractivity contribution in [2.45, 2.75) is 33.1 Å². The van der Waals surface area contributed by atoms with Crippen LogP contribution in [0.1, 0.15) is 33.1 Å². The number of piperidine rings is 1. The molecular formula is C12H24N2O. The largest absolute Gasteiger partial charge is 0.342 e. The van der Waals surface area contributed by atoms with Gasteiger partial charge in [-0.15, -0.1) is 0 Å². The van der Waals surface area contributed by atoms with Gasteiger partial charge in [0.15, 0.2) is 0 Å². The summed E-state index contributed by atoms with van der Waals surface area (Å²) in [4.78, 5) is 14.2. The fourth-order valence-electron chi connectivity index (χ4n) is 2.14. The molecule has 0 spiro atoms. The molecule has 0 aromatic carbocycles. The lowest BCUT2D eigenvalue weighted by Crippen LogP contribution is -2.43. The van der Waals surface area contributed by atoms with Gasteiger partial charge in [0.05, 0.1) is 5.92 Å². The maximum atomic E-state index is 12.1. The average Bonchev–Trinajstić information content (AvgIpc) is 2.26. The lowest BCUT2D eigenvalue weighted by Gasteiger charge is -2.32. The average molecular weight is 212 g/mol. The molecule has 0 aromatic rings. The second-order valence-corrected chi connectivity index (χ2v) is 4.67. The van der Waals surface area contributed by atoms with Crippen LogP contribution in [0.5, 0.6) is 0 Å². The van der Waals surface area contributed by atoms with Gasteiger partial charge >= 0.3 is 0 Å². The van der Waals surface area contributed by atoms with Crippen molar-refractivity contribution in [2.24, 2.45) is 11.8 Å². The maximum Gasteiger partial charge on any atom is 0.226 e. The van der Waals surface area contributed by atoms with Crippen LogP contribution in [-0.4, -0.2) is 37.5 Å². The van der Waals surface area contributed by atoms with Gasteiger partial charge in [0.2, 0.25) is 5.91 Å². The van der Waals surface area contributed by atoms with E-state index in [1.165, 1.54) is 12.8 Å². The molecule has 1 aliphatic rings. The summed E-state index contributed by atoms with van der Waals surface area (Å²) in [5.74, 6) is 1.31. The van der Waals surface area contributed by atoms with Crippen molar-refractivity contribution in [2.75, 3.05) is 26.7 Å². The number of carbonyl (C=O) groups is 1. The molecule has 1 unspecified atom stereocenters. The van der Waals surface area contributed by atoms with E-state index in [0.717, 1.165) is 32.0 Å². The second kappa shape index (κ2) is 6.11. The van der Waals surface area contributed by atoms with Crippen LogP contribution < -0.4 is 5.32 Å². The van der Waals surface area contributed by atoms with E-state index in [1.807, 2.05) is 11.9 Å². The Labute approximate surface area is 93.2 Å². The molecule has 1 aliphatic heterocycles. The molecule has 1 amide bonds. The van der Waals surface area contributed by atoms with Crippen LogP contribution in [-0.2, 0) is 4.79 Å². The summed E-state index contributed by atoms with van der Waals surface area (Å²) in [5.41, 5.74) is 0. The first kappa shape index (κ1) is 12.5. The van der Waals surface area contributed by atoms with E-state index in [1.54, 1.807) is 0 Å². The summed E-state index contributed by atoms with van der Waals surface area (Å²) >= 11 is 0. The van der Waals surface area contributed by atoms with Gasteiger partial charge < -0.3 is 10.2 Å². The molecule has 0 saturated carbocycles. The van der Waals surface area contributed by atoms with Crippen molar-refractivity contribution >= 4 is 5.91 Å². The third kappa shape index (κ3) is 3.49. The van der Waals surface area contributed by atoms with E-state index in [9.17, 15) is 4.79 Å². The Morgan fingerprint density at radius 2 is 2.07 bits per heavy atom. The van der Waals surface area contributed by atoms with E-state index in [0.29, 0.717) is 5.91 Å². The Bertz CT molecular complexity index is 198. The van der Waals surface area contributed by atoms with Gasteiger partial charge in [-0.2, -0.15) is 0 Å². The van der Waals surface area contributed by atoms with E-state index in [4.69, 9.17) is 0 Å². The summed E-state index contributed by atoms with van der Waals surface area (Å²) in [5, 5.41) is 3.10. The van der Waals surface area contributed by atoms with Crippen molar-refractivity contribution in [1.29, 1.82) is 0 Å². The van der Waals surface area contributed by atoms with Crippen molar-refractivity contribution < 1.29 is 4.79 Å². The van der Waals surface area contributed by atoms with E-state index < -0.39 is 0 Å². The van der Waals surface area contributed by atoms with Crippen molar-refractivity contribution in [3.05, 3.63) is 0 Å². The van der Waals surface area contributed by atoms with Gasteiger partial charge in [-0.05, 0) is 32.2 Å². The minimum absolute atomic E-state index is 0.170. The van der Waals surface area contributed by atoms with Gasteiger partial charge in [0.25, 0.3) is 0 Å². The number of hydrogen-bond acceptors (Lipinski definition) is 2. The molecule has 3 heteroatoms. The van der Waals surface area contributed by atoms with Crippen LogP contribution in [0.4, 0.5) is 0 Å². The molecule has 0 aliphatic carbocycles. The van der Waals surface area contributed by atoms with Gasteiger partial charge in [-0.1, -0.05) is 13.8 Å². The number of nitrogens with one attached hydrogen (secondary N) is 1. The van der Waals surface area contributed by atoms with Crippen molar-refractivity contribution in [3.63, 3.8) is 0 Å². The van der Waals surface area contributed by atoms with Crippen LogP contribution in [0.25, 0.3) is 0 Å². The molecule has 0 bridgehead atoms. The molecule has 1 heterocycles. The Morgan fingerprint density at radius 3 is 2.53 bits per heavy atom. The Balaban J connectivity index is 2.44. The highest BCUT2D eigenvalue weighted by atomic mass is 16.2. The minimum Gasteiger partial charge on any atom is -0.342 e. The predicted molar refractivity (Wildman–Crippen MR) is 62.7 cm³/mol. The lowest BCUT2D eigenvalue weighted by molar-refractivity contribution is -0.136. The fourth-order valence-corrected chi connectivity index (χ4v) is 2.14. The summed E-state index contributed by atoms with van der Waals surface area (Å²) in [7, 11) is 1.91. The zero-order valence-corrected chi connectivity index (χ0v) is 10.3. The van der Waals surface area contributed by atoms with Gasteiger partial charge in [0, 0.05) is 19.6 Å². The molecule has 1 fully saturated rings. The zero-order valence-electron chi connectivity index (χ0n) is 10.3. The highest BCUT2D eigenvalue weighted by molar-refractivity contribution is 5.79. The maximum absolute atomic E-state index is 12.1. The van der Waals surface area contributed by atoms with Crippen LogP contribution in [0.2, 0.25) is 0 Å². The van der Waals surface area contributed by atoms with Crippen LogP contribution in [0, 0.1) is 11.8 Å². The molecule has 0 aromatic heterocycles. The van der Waals surface area contributed by atoms with Crippen LogP contribution >= 0.6 is 0 Å². The smallest absolute Gasteiger partial charge is 0.226 e. The van der Waals surface area contributed by atoms with Gasteiger partial charge in [-0.25, -0.2) is 0 Å². The van der Waals surface area contributed by atoms with Crippen molar-refractivity contribution in [3.8, 4) is 0 Å². The topological polar surface area (TPSA) is 32.3 Å². The van der Waals surface area contributed by atoms with E-state index >= 15 is 0 Å². The molecule has 3 nitrogen and oxygen atoms in total. The number of carbonyl (C=O) groups excluding carboxylic acids is 1. The number of rotatable bonds is 4. The first-order valence-corrected chi connectivity index (χ1v) is 6.12. The molecule has 0 radical (unpaired) electrons. The van der Waals surface area contributed by atoms with E-state index in [-0.39, 0.29) is 5.92 Å². The highest BCUT2D eigenvalue weighted by Crippen LogP contribution is 2.18. The fraction of sp³-hybridized carbons (Fsp3) is 0.917. The Morgan fingerprint density at radius 1 is 1.47 bits per heavy atom. The van der Waals surface area contributed by atoms with Crippen LogP contribution in [0.3, 0.4) is 0 Å². The monoisotopic (exact) mass is 212 g/mol. The highest BCUT2D eigenvalue weighted by Gasteiger charge is 2.25. The van der Waals surface area contributed by atoms with Crippen molar-refractivity contribution in [1.82, 2.24) is 10.2 Å². The first-order valence-electron chi connectivity index (χ1n) is 6.12. The molecule has 15 heavy (non-hydrogen) atoms.